The van der Waals surface area contributed by atoms with Gasteiger partial charge in [-0.1, -0.05) is 0 Å². The number of rotatable bonds is 2. The maximum absolute atomic E-state index is 11.7. The van der Waals surface area contributed by atoms with Gasteiger partial charge in [-0.3, -0.25) is 0 Å². The van der Waals surface area contributed by atoms with E-state index < -0.39 is 17.3 Å². The van der Waals surface area contributed by atoms with E-state index in [2.05, 4.69) is 0 Å². The lowest BCUT2D eigenvalue weighted by Crippen LogP contribution is -2.42. The molecule has 0 aromatic rings. The van der Waals surface area contributed by atoms with E-state index in [1.165, 1.54) is 0 Å². The van der Waals surface area contributed by atoms with Gasteiger partial charge in [0.15, 0.2) is 0 Å². The van der Waals surface area contributed by atoms with Crippen molar-refractivity contribution >= 4 is 15.9 Å². The van der Waals surface area contributed by atoms with E-state index in [1.807, 2.05) is 4.74 Å². The van der Waals surface area contributed by atoms with Crippen LogP contribution in [0.1, 0.15) is 0 Å². The molecule has 9 heteroatoms. The Balaban J connectivity index is 4.44. The lowest BCUT2D eigenvalue weighted by molar-refractivity contribution is -0.450. The van der Waals surface area contributed by atoms with Gasteiger partial charge < -0.3 is 0 Å². The van der Waals surface area contributed by atoms with Crippen LogP contribution in [0, 0.1) is 0 Å². The predicted octanol–water partition coefficient (Wildman–Crippen LogP) is 3.10. The smallest absolute Gasteiger partial charge is 0.220 e. The van der Waals surface area contributed by atoms with E-state index >= 15 is 0 Å². The Labute approximate surface area is 69.6 Å². The van der Waals surface area contributed by atoms with Gasteiger partial charge in [-0.25, -0.2) is 4.74 Å². The second-order valence-electron chi connectivity index (χ2n) is 1.56. The van der Waals surface area contributed by atoms with E-state index in [-0.39, 0.29) is 0 Å². The molecule has 1 nitrogen and oxygen atoms in total. The summed E-state index contributed by atoms with van der Waals surface area (Å²) < 4.78 is 81.5. The van der Waals surface area contributed by atoms with Crippen LogP contribution < -0.4 is 0 Å². The zero-order valence-corrected chi connectivity index (χ0v) is 6.52. The Morgan fingerprint density at radius 1 is 0.833 bits per heavy atom. The molecule has 74 valence electrons. The fourth-order valence-corrected chi connectivity index (χ4v) is 0.284. The minimum atomic E-state index is -5.82. The first-order valence-corrected chi connectivity index (χ1v) is 2.96. The molecular weight excluding hydrogens is 265 g/mol. The summed E-state index contributed by atoms with van der Waals surface area (Å²) in [5, 5.41) is 0. The van der Waals surface area contributed by atoms with Crippen molar-refractivity contribution in [3.63, 3.8) is 0 Å². The van der Waals surface area contributed by atoms with Crippen molar-refractivity contribution in [2.24, 2.45) is 0 Å². The van der Waals surface area contributed by atoms with Crippen LogP contribution in [-0.4, -0.2) is 17.3 Å². The van der Waals surface area contributed by atoms with Crippen LogP contribution in [0.4, 0.5) is 30.7 Å². The Bertz CT molecular complexity index is 157. The highest BCUT2D eigenvalue weighted by Crippen LogP contribution is 2.43. The summed E-state index contributed by atoms with van der Waals surface area (Å²) in [7, 11) is 0. The van der Waals surface area contributed by atoms with Crippen LogP contribution in [0.15, 0.2) is 0 Å². The Morgan fingerprint density at radius 2 is 1.17 bits per heavy atom. The number of halogens is 8. The summed E-state index contributed by atoms with van der Waals surface area (Å²) in [6, 6.07) is 0. The maximum Gasteiger partial charge on any atom is 0.527 e. The van der Waals surface area contributed by atoms with Crippen molar-refractivity contribution in [3.05, 3.63) is 0 Å². The third-order valence-corrected chi connectivity index (χ3v) is 1.04. The van der Waals surface area contributed by atoms with E-state index in [0.717, 1.165) is 15.9 Å². The first kappa shape index (κ1) is 11.9. The third-order valence-electron chi connectivity index (χ3n) is 0.574. The molecule has 0 radical (unpaired) electrons. The van der Waals surface area contributed by atoms with Gasteiger partial charge in [0.1, 0.15) is 0 Å². The molecule has 0 atom stereocenters. The van der Waals surface area contributed by atoms with E-state index in [0.29, 0.717) is 0 Å². The zero-order valence-electron chi connectivity index (χ0n) is 4.93. The fourth-order valence-electron chi connectivity index (χ4n) is 0.203. The average molecular weight is 265 g/mol. The second-order valence-corrected chi connectivity index (χ2v) is 2.56. The molecule has 0 aromatic carbocycles. The molecule has 0 heterocycles. The highest BCUT2D eigenvalue weighted by atomic mass is 79.9. The largest absolute Gasteiger partial charge is 0.527 e. The van der Waals surface area contributed by atoms with E-state index in [1.54, 1.807) is 0 Å². The highest BCUT2D eigenvalue weighted by molar-refractivity contribution is 9.10. The van der Waals surface area contributed by atoms with Gasteiger partial charge in [0.25, 0.3) is 0 Å². The molecule has 0 bridgehead atoms. The highest BCUT2D eigenvalue weighted by Gasteiger charge is 2.61. The first-order chi connectivity index (χ1) is 4.96. The van der Waals surface area contributed by atoms with Gasteiger partial charge in [0, 0.05) is 15.9 Å². The van der Waals surface area contributed by atoms with E-state index in [4.69, 9.17) is 0 Å². The molecule has 0 aliphatic carbocycles. The summed E-state index contributed by atoms with van der Waals surface area (Å²) >= 11 is 1.04. The predicted molar refractivity (Wildman–Crippen MR) is 26.0 cm³/mol. The molecule has 0 N–H and O–H groups in total. The van der Waals surface area contributed by atoms with Crippen LogP contribution in [0.25, 0.3) is 0 Å². The Kier molecular flexibility index (Phi) is 3.01. The van der Waals surface area contributed by atoms with Crippen molar-refractivity contribution in [1.29, 1.82) is 0 Å². The average Bonchev–Trinajstić information content (AvgIpc) is 1.52. The van der Waals surface area contributed by atoms with Gasteiger partial charge in [0.2, 0.25) is 0 Å². The number of ether oxygens (including phenoxy) is 1. The molecule has 0 aromatic heterocycles. The van der Waals surface area contributed by atoms with Crippen LogP contribution in [-0.2, 0) is 4.74 Å². The first-order valence-electron chi connectivity index (χ1n) is 2.17. The van der Waals surface area contributed by atoms with Crippen LogP contribution in [0.5, 0.6) is 0 Å². The number of alkyl halides is 8. The topological polar surface area (TPSA) is 9.23 Å². The summed E-state index contributed by atoms with van der Waals surface area (Å²) in [4.78, 5) is -5.06. The molecule has 0 saturated heterocycles. The van der Waals surface area contributed by atoms with Crippen molar-refractivity contribution in [3.8, 4) is 0 Å². The second kappa shape index (κ2) is 3.02. The molecule has 0 amide bonds. The minimum Gasteiger partial charge on any atom is -0.220 e. The van der Waals surface area contributed by atoms with Crippen LogP contribution in [0.3, 0.4) is 0 Å². The van der Waals surface area contributed by atoms with Crippen LogP contribution >= 0.6 is 15.9 Å². The Hall–Kier alpha value is -0.0500. The number of hydrogen-bond donors (Lipinski definition) is 0. The summed E-state index contributed by atoms with van der Waals surface area (Å²) in [5.41, 5.74) is 0. The Morgan fingerprint density at radius 3 is 1.25 bits per heavy atom. The fraction of sp³-hybridized carbons (Fsp3) is 1.00. The zero-order chi connectivity index (χ0) is 10.2. The van der Waals surface area contributed by atoms with E-state index in [9.17, 15) is 30.7 Å². The molecule has 0 aliphatic rings. The van der Waals surface area contributed by atoms with Crippen LogP contribution in [0.2, 0.25) is 0 Å². The molecule has 0 unspecified atom stereocenters. The lowest BCUT2D eigenvalue weighted by Gasteiger charge is -2.21. The molecule has 0 saturated carbocycles. The molecule has 0 rings (SSSR count). The number of hydrogen-bond acceptors (Lipinski definition) is 1. The SMILES string of the molecule is FC(F)(F)OC(F)(F)C(F)(F)Br. The van der Waals surface area contributed by atoms with Crippen molar-refractivity contribution < 1.29 is 35.5 Å². The monoisotopic (exact) mass is 264 g/mol. The van der Waals surface area contributed by atoms with Crippen molar-refractivity contribution in [1.82, 2.24) is 0 Å². The van der Waals surface area contributed by atoms with Crippen molar-refractivity contribution in [2.75, 3.05) is 0 Å². The quantitative estimate of drug-likeness (QED) is 0.550. The van der Waals surface area contributed by atoms with Crippen molar-refractivity contribution in [2.45, 2.75) is 17.3 Å². The van der Waals surface area contributed by atoms with Gasteiger partial charge in [0.05, 0.1) is 0 Å². The maximum atomic E-state index is 11.7. The van der Waals surface area contributed by atoms with Gasteiger partial charge in [-0.15, -0.1) is 13.2 Å². The molecule has 0 aliphatic heterocycles. The molecule has 12 heavy (non-hydrogen) atoms. The van der Waals surface area contributed by atoms with Gasteiger partial charge >= 0.3 is 17.3 Å². The van der Waals surface area contributed by atoms with Gasteiger partial charge in [-0.2, -0.15) is 17.6 Å². The summed E-state index contributed by atoms with van der Waals surface area (Å²) in [5.74, 6) is 0. The molecule has 0 spiro atoms. The van der Waals surface area contributed by atoms with Gasteiger partial charge in [-0.05, 0) is 0 Å². The lowest BCUT2D eigenvalue weighted by atomic mass is 10.6. The normalized spacial score (nSPS) is 15.0. The molecule has 0 fully saturated rings. The summed E-state index contributed by atoms with van der Waals surface area (Å²) in [6.45, 7) is 0. The minimum absolute atomic E-state index is 1.04. The standard InChI is InChI=1S/C3BrF7O/c4-1(5,6)2(7,8)12-3(9,10)11. The third kappa shape index (κ3) is 3.57. The molecular formula is C3BrF7O. The summed E-state index contributed by atoms with van der Waals surface area (Å²) in [6.07, 6.45) is -11.4.